The number of carbonyl (C=O) groups excluding carboxylic acids is 3. The first-order chi connectivity index (χ1) is 23.0. The van der Waals surface area contributed by atoms with Gasteiger partial charge in [-0.1, -0.05) is 71.6 Å². The Morgan fingerprint density at radius 1 is 0.688 bits per heavy atom. The summed E-state index contributed by atoms with van der Waals surface area (Å²) in [5.74, 6) is -0.134. The Bertz CT molecular complexity index is 866. The van der Waals surface area contributed by atoms with Crippen molar-refractivity contribution in [1.29, 1.82) is 0 Å². The fourth-order valence-corrected chi connectivity index (χ4v) is 5.50. The molecule has 0 saturated carbocycles. The second-order valence-electron chi connectivity index (χ2n) is 12.8. The van der Waals surface area contributed by atoms with Crippen LogP contribution in [-0.4, -0.2) is 124 Å². The summed E-state index contributed by atoms with van der Waals surface area (Å²) in [5.41, 5.74) is 0. The summed E-state index contributed by atoms with van der Waals surface area (Å²) in [7, 11) is 0. The number of amides is 3. The van der Waals surface area contributed by atoms with Gasteiger partial charge in [0.25, 0.3) is 0 Å². The number of hydrogen-bond acceptors (Lipinski definition) is 11. The van der Waals surface area contributed by atoms with E-state index in [1.54, 1.807) is 6.92 Å². The third-order valence-corrected chi connectivity index (χ3v) is 8.74. The summed E-state index contributed by atoms with van der Waals surface area (Å²) in [4.78, 5) is 35.8. The summed E-state index contributed by atoms with van der Waals surface area (Å²) < 4.78 is 10.8. The smallest absolute Gasteiger partial charge is 0.220 e. The Morgan fingerprint density at radius 3 is 1.71 bits per heavy atom. The second kappa shape index (κ2) is 26.9. The molecule has 0 bridgehead atoms. The predicted octanol–water partition coefficient (Wildman–Crippen LogP) is 0.913. The van der Waals surface area contributed by atoms with Crippen LogP contribution in [0.15, 0.2) is 0 Å². The van der Waals surface area contributed by atoms with E-state index in [0.717, 1.165) is 77.0 Å². The fraction of sp³-hybridized carbons (Fsp3) is 0.912. The van der Waals surface area contributed by atoms with Crippen LogP contribution in [0.4, 0.5) is 0 Å². The van der Waals surface area contributed by atoms with Gasteiger partial charge in [0.15, 0.2) is 6.29 Å². The third kappa shape index (κ3) is 18.7. The summed E-state index contributed by atoms with van der Waals surface area (Å²) in [6.07, 6.45) is 4.50. The van der Waals surface area contributed by atoms with Crippen molar-refractivity contribution in [2.24, 2.45) is 0 Å². The van der Waals surface area contributed by atoms with E-state index >= 15 is 0 Å². The molecule has 0 radical (unpaired) electrons. The van der Waals surface area contributed by atoms with Gasteiger partial charge in [0.05, 0.1) is 25.4 Å². The van der Waals surface area contributed by atoms with Crippen molar-refractivity contribution in [3.63, 3.8) is 0 Å². The molecule has 48 heavy (non-hydrogen) atoms. The van der Waals surface area contributed by atoms with Crippen LogP contribution in [-0.2, 0) is 23.9 Å². The zero-order chi connectivity index (χ0) is 35.7. The third-order valence-electron chi connectivity index (χ3n) is 8.74. The molecule has 8 atom stereocenters. The number of hydrogen-bond donors (Lipinski definition) is 9. The summed E-state index contributed by atoms with van der Waals surface area (Å²) in [5, 5.41) is 68.7. The zero-order valence-corrected chi connectivity index (χ0v) is 29.2. The standard InChI is InChI=1S/C34H65N3O11/c1-3-25(39)30(43)24(23-47-34-33(46)32(45)31(44)26(22-38)48-34)37-29(42)19-15-10-8-6-5-7-9-12-16-21-36-28(41)18-14-11-13-17-20-35-27(40)4-2/h24-26,30-34,38-39,43-46H,3-23H2,1-2H3,(H,35,40)(H,36,41)(H,37,42)/t24-,25+,26?,30-,31-,32-,33?,34-/m0/s1. The van der Waals surface area contributed by atoms with E-state index in [1.165, 1.54) is 0 Å². The molecule has 1 aliphatic rings. The lowest BCUT2D eigenvalue weighted by Crippen LogP contribution is -2.60. The molecule has 0 aromatic heterocycles. The first-order valence-electron chi connectivity index (χ1n) is 18.2. The van der Waals surface area contributed by atoms with Crippen LogP contribution in [0.1, 0.15) is 123 Å². The van der Waals surface area contributed by atoms with Crippen molar-refractivity contribution < 1.29 is 54.5 Å². The van der Waals surface area contributed by atoms with Gasteiger partial charge in [0, 0.05) is 32.4 Å². The summed E-state index contributed by atoms with van der Waals surface area (Å²) in [6.45, 7) is 3.96. The topological polar surface area (TPSA) is 227 Å². The molecule has 0 aliphatic carbocycles. The molecule has 9 N–H and O–H groups in total. The van der Waals surface area contributed by atoms with Crippen LogP contribution < -0.4 is 16.0 Å². The lowest BCUT2D eigenvalue weighted by molar-refractivity contribution is -0.303. The van der Waals surface area contributed by atoms with Crippen LogP contribution in [0.3, 0.4) is 0 Å². The van der Waals surface area contributed by atoms with Gasteiger partial charge in [-0.05, 0) is 32.1 Å². The maximum absolute atomic E-state index is 12.6. The Kier molecular flexibility index (Phi) is 24.7. The highest BCUT2D eigenvalue weighted by atomic mass is 16.7. The fourth-order valence-electron chi connectivity index (χ4n) is 5.50. The molecule has 3 amide bonds. The van der Waals surface area contributed by atoms with Crippen LogP contribution in [0.2, 0.25) is 0 Å². The van der Waals surface area contributed by atoms with E-state index in [-0.39, 0.29) is 37.2 Å². The Balaban J connectivity index is 2.13. The number of aliphatic hydroxyl groups is 6. The number of carbonyl (C=O) groups is 3. The maximum Gasteiger partial charge on any atom is 0.220 e. The quantitative estimate of drug-likeness (QED) is 0.0524. The molecule has 1 heterocycles. The van der Waals surface area contributed by atoms with E-state index in [9.17, 15) is 45.0 Å². The molecule has 0 aromatic rings. The lowest BCUT2D eigenvalue weighted by atomic mass is 9.99. The van der Waals surface area contributed by atoms with Crippen LogP contribution >= 0.6 is 0 Å². The van der Waals surface area contributed by atoms with Crippen molar-refractivity contribution in [2.45, 2.75) is 172 Å². The molecule has 0 aromatic carbocycles. The zero-order valence-electron chi connectivity index (χ0n) is 29.2. The van der Waals surface area contributed by atoms with Crippen molar-refractivity contribution in [3.05, 3.63) is 0 Å². The second-order valence-corrected chi connectivity index (χ2v) is 12.8. The number of aliphatic hydroxyl groups excluding tert-OH is 6. The molecule has 1 rings (SSSR count). The number of rotatable bonds is 28. The van der Waals surface area contributed by atoms with E-state index in [4.69, 9.17) is 9.47 Å². The van der Waals surface area contributed by atoms with Gasteiger partial charge >= 0.3 is 0 Å². The van der Waals surface area contributed by atoms with Crippen molar-refractivity contribution in [1.82, 2.24) is 16.0 Å². The SMILES string of the molecule is CCC(=O)NCCCCCCC(=O)NCCCCCCCCCCCC(=O)N[C@@H](CO[C@H]1OC(CO)[C@H](O)[C@H](O)C1O)[C@H](O)[C@H](O)CC. The molecule has 14 nitrogen and oxygen atoms in total. The van der Waals surface area contributed by atoms with Crippen LogP contribution in [0.25, 0.3) is 0 Å². The highest BCUT2D eigenvalue weighted by molar-refractivity contribution is 5.76. The van der Waals surface area contributed by atoms with Gasteiger partial charge in [0.2, 0.25) is 17.7 Å². The number of nitrogens with one attached hydrogen (secondary N) is 3. The van der Waals surface area contributed by atoms with Crippen LogP contribution in [0.5, 0.6) is 0 Å². The van der Waals surface area contributed by atoms with Gasteiger partial charge < -0.3 is 56.1 Å². The minimum Gasteiger partial charge on any atom is -0.394 e. The van der Waals surface area contributed by atoms with Gasteiger partial charge in [-0.3, -0.25) is 14.4 Å². The number of unbranched alkanes of at least 4 members (excludes halogenated alkanes) is 11. The maximum atomic E-state index is 12.6. The van der Waals surface area contributed by atoms with E-state index in [1.807, 2.05) is 6.92 Å². The first-order valence-corrected chi connectivity index (χ1v) is 18.2. The summed E-state index contributed by atoms with van der Waals surface area (Å²) >= 11 is 0. The largest absolute Gasteiger partial charge is 0.394 e. The van der Waals surface area contributed by atoms with Crippen LogP contribution in [0, 0.1) is 0 Å². The van der Waals surface area contributed by atoms with Gasteiger partial charge in [-0.25, -0.2) is 0 Å². The van der Waals surface area contributed by atoms with Crippen molar-refractivity contribution in [2.75, 3.05) is 26.3 Å². The molecule has 2 unspecified atom stereocenters. The molecule has 1 saturated heterocycles. The average Bonchev–Trinajstić information content (AvgIpc) is 3.08. The highest BCUT2D eigenvalue weighted by Crippen LogP contribution is 2.22. The van der Waals surface area contributed by atoms with Gasteiger partial charge in [-0.2, -0.15) is 0 Å². The Morgan fingerprint density at radius 2 is 1.19 bits per heavy atom. The van der Waals surface area contributed by atoms with Crippen molar-refractivity contribution >= 4 is 17.7 Å². The average molecular weight is 692 g/mol. The Labute approximate surface area is 286 Å². The molecular formula is C34H65N3O11. The van der Waals surface area contributed by atoms with E-state index < -0.39 is 55.6 Å². The summed E-state index contributed by atoms with van der Waals surface area (Å²) in [6, 6.07) is -1.02. The molecule has 0 spiro atoms. The van der Waals surface area contributed by atoms with Gasteiger partial charge in [0.1, 0.15) is 30.5 Å². The number of ether oxygens (including phenoxy) is 2. The van der Waals surface area contributed by atoms with Crippen molar-refractivity contribution in [3.8, 4) is 0 Å². The molecule has 282 valence electrons. The minimum absolute atomic E-state index is 0.0782. The lowest BCUT2D eigenvalue weighted by Gasteiger charge is -2.40. The normalized spacial score (nSPS) is 22.9. The monoisotopic (exact) mass is 691 g/mol. The van der Waals surface area contributed by atoms with E-state index in [0.29, 0.717) is 32.4 Å². The highest BCUT2D eigenvalue weighted by Gasteiger charge is 2.44. The minimum atomic E-state index is -1.62. The molecule has 1 aliphatic heterocycles. The molecular weight excluding hydrogens is 626 g/mol. The first kappa shape index (κ1) is 44.1. The van der Waals surface area contributed by atoms with Gasteiger partial charge in [-0.15, -0.1) is 0 Å². The van der Waals surface area contributed by atoms with E-state index in [2.05, 4.69) is 16.0 Å². The molecule has 1 fully saturated rings. The molecule has 14 heteroatoms. The Hall–Kier alpha value is -1.91. The predicted molar refractivity (Wildman–Crippen MR) is 180 cm³/mol.